The number of nitrogens with one attached hydrogen (secondary N) is 1. The van der Waals surface area contributed by atoms with Crippen molar-refractivity contribution in [3.63, 3.8) is 0 Å². The van der Waals surface area contributed by atoms with E-state index < -0.39 is 0 Å². The number of rotatable bonds is 5. The topological polar surface area (TPSA) is 37.3 Å². The lowest BCUT2D eigenvalue weighted by molar-refractivity contribution is 1.27. The number of anilines is 1. The highest BCUT2D eigenvalue weighted by atomic mass is 79.9. The monoisotopic (exact) mass is 497 g/mol. The summed E-state index contributed by atoms with van der Waals surface area (Å²) in [6, 6.07) is 26.4. The molecule has 3 aromatic carbocycles. The highest BCUT2D eigenvalue weighted by Crippen LogP contribution is 2.39. The minimum atomic E-state index is 0. The molecule has 0 unspecified atom stereocenters. The van der Waals surface area contributed by atoms with Crippen molar-refractivity contribution in [3.05, 3.63) is 95.0 Å². The molecule has 1 aromatic heterocycles. The van der Waals surface area contributed by atoms with Crippen molar-refractivity contribution in [1.29, 1.82) is 0 Å². The van der Waals surface area contributed by atoms with Gasteiger partial charge >= 0.3 is 0 Å². The van der Waals surface area contributed by atoms with Crippen LogP contribution in [0.5, 0.6) is 0 Å². The summed E-state index contributed by atoms with van der Waals surface area (Å²) in [6.45, 7) is 4.07. The van der Waals surface area contributed by atoms with E-state index in [1.807, 2.05) is 49.4 Å². The highest BCUT2D eigenvalue weighted by molar-refractivity contribution is 8.93. The number of thiazole rings is 1. The Labute approximate surface area is 196 Å². The summed E-state index contributed by atoms with van der Waals surface area (Å²) in [4.78, 5) is 5.92. The van der Waals surface area contributed by atoms with Gasteiger partial charge in [0.2, 0.25) is 5.13 Å². The second kappa shape index (κ2) is 10.0. The fourth-order valence-corrected chi connectivity index (χ4v) is 4.01. The van der Waals surface area contributed by atoms with Crippen LogP contribution >= 0.6 is 39.9 Å². The van der Waals surface area contributed by atoms with Crippen LogP contribution in [0.3, 0.4) is 0 Å². The van der Waals surface area contributed by atoms with E-state index in [2.05, 4.69) is 53.8 Å². The summed E-state index contributed by atoms with van der Waals surface area (Å²) < 4.78 is 0. The van der Waals surface area contributed by atoms with E-state index in [0.29, 0.717) is 5.02 Å². The van der Waals surface area contributed by atoms with Gasteiger partial charge in [0.1, 0.15) is 0 Å². The molecule has 0 radical (unpaired) electrons. The number of aryl methyl sites for hydroxylation is 1. The number of benzene rings is 3. The highest BCUT2D eigenvalue weighted by Gasteiger charge is 2.15. The van der Waals surface area contributed by atoms with Crippen molar-refractivity contribution in [2.45, 2.75) is 13.8 Å². The van der Waals surface area contributed by atoms with Crippen molar-refractivity contribution in [2.75, 3.05) is 5.43 Å². The van der Waals surface area contributed by atoms with Gasteiger partial charge in [-0.3, -0.25) is 5.43 Å². The van der Waals surface area contributed by atoms with Gasteiger partial charge in [-0.25, -0.2) is 4.98 Å². The zero-order valence-corrected chi connectivity index (χ0v) is 19.9. The average molecular weight is 499 g/mol. The van der Waals surface area contributed by atoms with E-state index in [1.54, 1.807) is 11.3 Å². The summed E-state index contributed by atoms with van der Waals surface area (Å²) in [7, 11) is 0. The van der Waals surface area contributed by atoms with Crippen LogP contribution in [0.4, 0.5) is 5.13 Å². The van der Waals surface area contributed by atoms with Gasteiger partial charge < -0.3 is 0 Å². The zero-order valence-electron chi connectivity index (χ0n) is 16.6. The predicted octanol–water partition coefficient (Wildman–Crippen LogP) is 7.85. The Morgan fingerprint density at radius 2 is 1.57 bits per heavy atom. The molecule has 1 heterocycles. The molecule has 6 heteroatoms. The predicted molar refractivity (Wildman–Crippen MR) is 135 cm³/mol. The van der Waals surface area contributed by atoms with Gasteiger partial charge in [0.25, 0.3) is 0 Å². The molecule has 4 rings (SSSR count). The Hall–Kier alpha value is -2.47. The third-order valence-corrected chi connectivity index (χ3v) is 5.83. The molecule has 0 spiro atoms. The number of nitrogens with zero attached hydrogens (tertiary/aromatic N) is 2. The van der Waals surface area contributed by atoms with Crippen molar-refractivity contribution >= 4 is 50.8 Å². The number of aromatic nitrogens is 1. The molecular weight excluding hydrogens is 478 g/mol. The molecule has 0 aliphatic carbocycles. The maximum absolute atomic E-state index is 6.07. The van der Waals surface area contributed by atoms with E-state index in [0.717, 1.165) is 38.1 Å². The first kappa shape index (κ1) is 22.2. The number of hydrogen-bond acceptors (Lipinski definition) is 4. The lowest BCUT2D eigenvalue weighted by Gasteiger charge is -2.02. The Morgan fingerprint density at radius 1 is 0.900 bits per heavy atom. The van der Waals surface area contributed by atoms with Gasteiger partial charge in [0, 0.05) is 10.6 Å². The van der Waals surface area contributed by atoms with E-state index in [9.17, 15) is 0 Å². The minimum Gasteiger partial charge on any atom is -0.252 e. The molecule has 0 fully saturated rings. The van der Waals surface area contributed by atoms with E-state index >= 15 is 0 Å². The standard InChI is InChI=1S/C24H20ClN3S.BrH/c1-16-8-10-18(11-9-16)17(2)27-28-24-26-22(19-12-14-21(25)15-13-19)23(29-24)20-6-4-3-5-7-20;/h3-15H,1-2H3,(H,26,28);1H/b27-17+;. The summed E-state index contributed by atoms with van der Waals surface area (Å²) in [5, 5.41) is 6.00. The molecule has 30 heavy (non-hydrogen) atoms. The lowest BCUT2D eigenvalue weighted by Crippen LogP contribution is -1.99. The van der Waals surface area contributed by atoms with Crippen LogP contribution in [0.2, 0.25) is 5.02 Å². The first-order valence-electron chi connectivity index (χ1n) is 9.30. The van der Waals surface area contributed by atoms with Crippen LogP contribution in [0.15, 0.2) is 84.0 Å². The van der Waals surface area contributed by atoms with Crippen LogP contribution in [-0.4, -0.2) is 10.7 Å². The van der Waals surface area contributed by atoms with Gasteiger partial charge in [-0.05, 0) is 37.1 Å². The molecule has 0 aliphatic rings. The Bertz CT molecular complexity index is 1140. The molecule has 0 bridgehead atoms. The first-order valence-corrected chi connectivity index (χ1v) is 10.5. The molecule has 0 saturated heterocycles. The minimum absolute atomic E-state index is 0. The van der Waals surface area contributed by atoms with Gasteiger partial charge in [-0.15, -0.1) is 17.0 Å². The summed E-state index contributed by atoms with van der Waals surface area (Å²) >= 11 is 7.65. The van der Waals surface area contributed by atoms with E-state index in [-0.39, 0.29) is 17.0 Å². The molecule has 152 valence electrons. The van der Waals surface area contributed by atoms with Crippen LogP contribution in [-0.2, 0) is 0 Å². The molecular formula is C24H21BrClN3S. The SMILES string of the molecule is Br.C/C(=N\Nc1nc(-c2ccc(Cl)cc2)c(-c2ccccc2)s1)c1ccc(C)cc1. The maximum atomic E-state index is 6.07. The maximum Gasteiger partial charge on any atom is 0.204 e. The molecule has 0 amide bonds. The van der Waals surface area contributed by atoms with Crippen molar-refractivity contribution in [2.24, 2.45) is 5.10 Å². The number of halogens is 2. The third-order valence-electron chi connectivity index (χ3n) is 4.57. The summed E-state index contributed by atoms with van der Waals surface area (Å²) in [6.07, 6.45) is 0. The third kappa shape index (κ3) is 5.17. The normalized spacial score (nSPS) is 11.1. The number of hydrazone groups is 1. The largest absolute Gasteiger partial charge is 0.252 e. The Morgan fingerprint density at radius 3 is 2.23 bits per heavy atom. The quantitative estimate of drug-likeness (QED) is 0.225. The molecule has 0 atom stereocenters. The Kier molecular flexibility index (Phi) is 7.43. The van der Waals surface area contributed by atoms with Crippen molar-refractivity contribution in [3.8, 4) is 21.7 Å². The first-order chi connectivity index (χ1) is 14.1. The molecule has 0 saturated carbocycles. The molecule has 0 aliphatic heterocycles. The molecule has 4 aromatic rings. The fraction of sp³-hybridized carbons (Fsp3) is 0.0833. The van der Waals surface area contributed by atoms with Gasteiger partial charge in [0.15, 0.2) is 0 Å². The number of hydrogen-bond donors (Lipinski definition) is 1. The van der Waals surface area contributed by atoms with Crippen LogP contribution in [0, 0.1) is 6.92 Å². The van der Waals surface area contributed by atoms with E-state index in [1.165, 1.54) is 5.56 Å². The zero-order chi connectivity index (χ0) is 20.2. The summed E-state index contributed by atoms with van der Waals surface area (Å²) in [5.41, 5.74) is 9.44. The fourth-order valence-electron chi connectivity index (χ4n) is 2.95. The Balaban J connectivity index is 0.00000256. The van der Waals surface area contributed by atoms with Gasteiger partial charge in [-0.1, -0.05) is 95.2 Å². The van der Waals surface area contributed by atoms with Gasteiger partial charge in [0.05, 0.1) is 16.3 Å². The van der Waals surface area contributed by atoms with Crippen LogP contribution < -0.4 is 5.43 Å². The van der Waals surface area contributed by atoms with E-state index in [4.69, 9.17) is 16.6 Å². The van der Waals surface area contributed by atoms with Crippen LogP contribution in [0.1, 0.15) is 18.1 Å². The second-order valence-electron chi connectivity index (χ2n) is 6.74. The molecule has 3 nitrogen and oxygen atoms in total. The van der Waals surface area contributed by atoms with Crippen LogP contribution in [0.25, 0.3) is 21.7 Å². The van der Waals surface area contributed by atoms with Gasteiger partial charge in [-0.2, -0.15) is 5.10 Å². The van der Waals surface area contributed by atoms with Crippen molar-refractivity contribution < 1.29 is 0 Å². The lowest BCUT2D eigenvalue weighted by atomic mass is 10.1. The summed E-state index contributed by atoms with van der Waals surface area (Å²) in [5.74, 6) is 0. The van der Waals surface area contributed by atoms with Crippen molar-refractivity contribution in [1.82, 2.24) is 4.98 Å². The molecule has 1 N–H and O–H groups in total. The smallest absolute Gasteiger partial charge is 0.204 e. The second-order valence-corrected chi connectivity index (χ2v) is 8.18. The average Bonchev–Trinajstić information content (AvgIpc) is 3.18.